The van der Waals surface area contributed by atoms with Crippen LogP contribution in [0.25, 0.3) is 86.2 Å². The number of anilines is 6. The summed E-state index contributed by atoms with van der Waals surface area (Å²) in [7, 11) is 0. The van der Waals surface area contributed by atoms with Crippen LogP contribution in [0.4, 0.5) is 34.1 Å². The van der Waals surface area contributed by atoms with E-state index in [0.29, 0.717) is 0 Å². The molecule has 0 aromatic heterocycles. The molecule has 0 saturated heterocycles. The molecule has 0 unspecified atom stereocenters. The highest BCUT2D eigenvalue weighted by molar-refractivity contribution is 6.37. The van der Waals surface area contributed by atoms with Gasteiger partial charge in [0.2, 0.25) is 0 Å². The van der Waals surface area contributed by atoms with Crippen molar-refractivity contribution in [2.45, 2.75) is 0 Å². The molecule has 0 aliphatic heterocycles. The molecular formula is C64H42N2. The number of fused-ring (bicyclic) bond motifs is 11. The molecule has 0 radical (unpaired) electrons. The summed E-state index contributed by atoms with van der Waals surface area (Å²) in [6.45, 7) is 0. The molecule has 2 nitrogen and oxygen atoms in total. The minimum Gasteiger partial charge on any atom is -0.310 e. The molecule has 0 N–H and O–H groups in total. The fraction of sp³-hybridized carbons (Fsp3) is 0. The normalized spacial score (nSPS) is 11.6. The number of benzene rings is 12. The van der Waals surface area contributed by atoms with E-state index in [4.69, 9.17) is 0 Å². The zero-order chi connectivity index (χ0) is 43.6. The number of rotatable bonds is 6. The molecule has 13 rings (SSSR count). The van der Waals surface area contributed by atoms with Gasteiger partial charge in [-0.1, -0.05) is 176 Å². The average Bonchev–Trinajstić information content (AvgIpc) is 3.39. The maximum absolute atomic E-state index is 2.48. The van der Waals surface area contributed by atoms with E-state index in [1.165, 1.54) is 86.2 Å². The lowest BCUT2D eigenvalue weighted by molar-refractivity contribution is 1.29. The highest BCUT2D eigenvalue weighted by atomic mass is 15.1. The SMILES string of the molecule is c1ccc(N(c2ccccc2)c2ccc3c4ccccc4c4ccc(N(c5ccccc5)c5ccccc5)cc4c4cc5ccc6cccc7ccc(c4c4ccccc4c3c2)c5c67)cc1. The van der Waals surface area contributed by atoms with Crippen LogP contribution in [-0.4, -0.2) is 0 Å². The zero-order valence-corrected chi connectivity index (χ0v) is 36.1. The van der Waals surface area contributed by atoms with Gasteiger partial charge in [-0.25, -0.2) is 0 Å². The topological polar surface area (TPSA) is 6.48 Å². The Morgan fingerprint density at radius 1 is 0.167 bits per heavy atom. The molecule has 0 bridgehead atoms. The molecule has 0 spiro atoms. The van der Waals surface area contributed by atoms with Crippen molar-refractivity contribution < 1.29 is 0 Å². The maximum Gasteiger partial charge on any atom is 0.0468 e. The number of nitrogens with zero attached hydrogens (tertiary/aromatic N) is 2. The third-order valence-corrected chi connectivity index (χ3v) is 13.5. The lowest BCUT2D eigenvalue weighted by Gasteiger charge is -2.26. The molecule has 0 heterocycles. The highest BCUT2D eigenvalue weighted by Gasteiger charge is 2.19. The Kier molecular flexibility index (Phi) is 8.89. The predicted octanol–water partition coefficient (Wildman–Crippen LogP) is 18.4. The Bertz CT molecular complexity index is 3940. The monoisotopic (exact) mass is 838 g/mol. The third kappa shape index (κ3) is 6.11. The number of hydrogen-bond donors (Lipinski definition) is 0. The summed E-state index contributed by atoms with van der Waals surface area (Å²) in [4.78, 5) is 4.75. The van der Waals surface area contributed by atoms with Crippen molar-refractivity contribution in [1.82, 2.24) is 0 Å². The summed E-state index contributed by atoms with van der Waals surface area (Å²) in [6.07, 6.45) is 0. The van der Waals surface area contributed by atoms with Crippen LogP contribution in [-0.2, 0) is 0 Å². The Balaban J connectivity index is 1.26. The van der Waals surface area contributed by atoms with Gasteiger partial charge in [0.25, 0.3) is 0 Å². The van der Waals surface area contributed by atoms with E-state index in [1.54, 1.807) is 0 Å². The molecule has 0 aliphatic carbocycles. The van der Waals surface area contributed by atoms with Crippen LogP contribution in [0.3, 0.4) is 0 Å². The second-order valence-corrected chi connectivity index (χ2v) is 17.2. The van der Waals surface area contributed by atoms with Gasteiger partial charge in [0.05, 0.1) is 0 Å². The summed E-state index contributed by atoms with van der Waals surface area (Å²) in [5.74, 6) is 0. The van der Waals surface area contributed by atoms with Gasteiger partial charge < -0.3 is 9.80 Å². The van der Waals surface area contributed by atoms with Crippen molar-refractivity contribution in [2.24, 2.45) is 0 Å². The third-order valence-electron chi connectivity index (χ3n) is 13.5. The van der Waals surface area contributed by atoms with Gasteiger partial charge in [-0.2, -0.15) is 0 Å². The molecule has 0 saturated carbocycles. The van der Waals surface area contributed by atoms with E-state index >= 15 is 0 Å². The summed E-state index contributed by atoms with van der Waals surface area (Å²) in [5, 5.41) is 19.6. The fourth-order valence-corrected chi connectivity index (χ4v) is 10.7. The van der Waals surface area contributed by atoms with E-state index < -0.39 is 0 Å². The van der Waals surface area contributed by atoms with Crippen LogP contribution >= 0.6 is 0 Å². The lowest BCUT2D eigenvalue weighted by atomic mass is 9.87. The molecule has 2 heteroatoms. The van der Waals surface area contributed by atoms with E-state index in [9.17, 15) is 0 Å². The van der Waals surface area contributed by atoms with Gasteiger partial charge in [-0.05, 0) is 165 Å². The van der Waals surface area contributed by atoms with Gasteiger partial charge >= 0.3 is 0 Å². The first-order chi connectivity index (χ1) is 32.8. The van der Waals surface area contributed by atoms with Gasteiger partial charge in [0.1, 0.15) is 0 Å². The zero-order valence-electron chi connectivity index (χ0n) is 36.1. The highest BCUT2D eigenvalue weighted by Crippen LogP contribution is 2.46. The fourth-order valence-electron chi connectivity index (χ4n) is 10.7. The number of hydrogen-bond acceptors (Lipinski definition) is 2. The molecular weight excluding hydrogens is 797 g/mol. The summed E-state index contributed by atoms with van der Waals surface area (Å²) in [6, 6.07) is 93.7. The van der Waals surface area contributed by atoms with Gasteiger partial charge in [0, 0.05) is 34.1 Å². The lowest BCUT2D eigenvalue weighted by Crippen LogP contribution is -2.09. The summed E-state index contributed by atoms with van der Waals surface area (Å²) >= 11 is 0. The van der Waals surface area contributed by atoms with Gasteiger partial charge in [-0.15, -0.1) is 0 Å². The molecule has 0 aliphatic rings. The first-order valence-corrected chi connectivity index (χ1v) is 22.8. The molecule has 13 aromatic rings. The van der Waals surface area contributed by atoms with Crippen LogP contribution in [0.5, 0.6) is 0 Å². The predicted molar refractivity (Wildman–Crippen MR) is 285 cm³/mol. The largest absolute Gasteiger partial charge is 0.310 e. The van der Waals surface area contributed by atoms with Crippen molar-refractivity contribution in [1.29, 1.82) is 0 Å². The summed E-state index contributed by atoms with van der Waals surface area (Å²) in [5.41, 5.74) is 6.62. The Morgan fingerprint density at radius 3 is 1.02 bits per heavy atom. The first kappa shape index (κ1) is 37.8. The van der Waals surface area contributed by atoms with E-state index in [2.05, 4.69) is 265 Å². The van der Waals surface area contributed by atoms with Crippen LogP contribution < -0.4 is 9.80 Å². The second kappa shape index (κ2) is 15.5. The van der Waals surface area contributed by atoms with Crippen molar-refractivity contribution >= 4 is 120 Å². The standard InChI is InChI=1S/C64H42N2/c1-5-20-46(21-6-1)65(47-22-7-2-8-23-47)50-35-38-55-52-28-13-14-29-53(52)56-39-36-51(66(48-24-9-3-10-25-48)49-26-11-4-12-27-49)42-60(56)61-40-45-33-32-43-18-17-19-44-34-37-58(63(45)62(43)44)64(61)57-31-16-15-30-54(57)59(55)41-50/h1-42H. The van der Waals surface area contributed by atoms with Crippen LogP contribution in [0, 0.1) is 0 Å². The van der Waals surface area contributed by atoms with Crippen LogP contribution in [0.1, 0.15) is 0 Å². The molecule has 0 atom stereocenters. The molecule has 308 valence electrons. The van der Waals surface area contributed by atoms with Crippen molar-refractivity contribution in [3.63, 3.8) is 0 Å². The van der Waals surface area contributed by atoms with Crippen molar-refractivity contribution in [3.05, 3.63) is 255 Å². The Morgan fingerprint density at radius 2 is 0.530 bits per heavy atom. The molecule has 0 fully saturated rings. The van der Waals surface area contributed by atoms with Gasteiger partial charge in [-0.3, -0.25) is 0 Å². The Hall–Kier alpha value is -8.72. The van der Waals surface area contributed by atoms with E-state index in [1.807, 2.05) is 0 Å². The quantitative estimate of drug-likeness (QED) is 0.154. The summed E-state index contributed by atoms with van der Waals surface area (Å²) < 4.78 is 0. The minimum atomic E-state index is 1.09. The van der Waals surface area contributed by atoms with Crippen LogP contribution in [0.2, 0.25) is 0 Å². The minimum absolute atomic E-state index is 1.09. The average molecular weight is 839 g/mol. The van der Waals surface area contributed by atoms with E-state index in [-0.39, 0.29) is 0 Å². The Labute approximate surface area is 383 Å². The molecule has 66 heavy (non-hydrogen) atoms. The maximum atomic E-state index is 2.48. The molecule has 0 amide bonds. The second-order valence-electron chi connectivity index (χ2n) is 17.2. The van der Waals surface area contributed by atoms with Crippen molar-refractivity contribution in [2.75, 3.05) is 9.80 Å². The smallest absolute Gasteiger partial charge is 0.0468 e. The van der Waals surface area contributed by atoms with E-state index in [0.717, 1.165) is 34.1 Å². The first-order valence-electron chi connectivity index (χ1n) is 22.8. The number of para-hydroxylation sites is 4. The van der Waals surface area contributed by atoms with Crippen LogP contribution in [0.15, 0.2) is 255 Å². The van der Waals surface area contributed by atoms with Gasteiger partial charge in [0.15, 0.2) is 0 Å². The van der Waals surface area contributed by atoms with Crippen molar-refractivity contribution in [3.8, 4) is 0 Å². The molecule has 13 aromatic carbocycles.